The molecule has 142 valence electrons. The fourth-order valence-electron chi connectivity index (χ4n) is 3.08. The van der Waals surface area contributed by atoms with Crippen molar-refractivity contribution in [1.29, 1.82) is 0 Å². The van der Waals surface area contributed by atoms with Crippen molar-refractivity contribution >= 4 is 39.1 Å². The fraction of sp³-hybridized carbons (Fsp3) is 0.333. The number of carbonyl (C=O) groups excluding carboxylic acids is 2. The van der Waals surface area contributed by atoms with Crippen molar-refractivity contribution in [3.05, 3.63) is 52.5 Å². The number of rotatable bonds is 6. The number of carbonyl (C=O) groups is 2. The molecule has 1 N–H and O–H groups in total. The number of nitrogens with zero attached hydrogens (tertiary/aromatic N) is 1. The Labute approximate surface area is 167 Å². The van der Waals surface area contributed by atoms with Gasteiger partial charge in [0.15, 0.2) is 0 Å². The van der Waals surface area contributed by atoms with Gasteiger partial charge >= 0.3 is 0 Å². The number of ether oxygens (including phenoxy) is 1. The molecule has 0 radical (unpaired) electrons. The summed E-state index contributed by atoms with van der Waals surface area (Å²) < 4.78 is 6.54. The molecule has 0 aromatic heterocycles. The second-order valence-electron chi connectivity index (χ2n) is 6.70. The molecule has 2 amide bonds. The Morgan fingerprint density at radius 2 is 2.00 bits per heavy atom. The Kier molecular flexibility index (Phi) is 6.16. The predicted molar refractivity (Wildman–Crippen MR) is 110 cm³/mol. The molecule has 0 aliphatic carbocycles. The van der Waals surface area contributed by atoms with Gasteiger partial charge in [-0.25, -0.2) is 0 Å². The third kappa shape index (κ3) is 4.69. The summed E-state index contributed by atoms with van der Waals surface area (Å²) in [4.78, 5) is 26.7. The molecule has 1 atom stereocenters. The molecule has 2 aromatic rings. The van der Waals surface area contributed by atoms with E-state index in [0.717, 1.165) is 33.6 Å². The first-order valence-corrected chi connectivity index (χ1v) is 9.87. The number of aryl methyl sites for hydroxylation is 1. The average molecular weight is 431 g/mol. The quantitative estimate of drug-likeness (QED) is 0.731. The molecule has 6 heteroatoms. The molecule has 3 rings (SSSR count). The van der Waals surface area contributed by atoms with E-state index in [1.54, 1.807) is 4.90 Å². The highest BCUT2D eigenvalue weighted by Gasteiger charge is 2.35. The maximum absolute atomic E-state index is 12.6. The second kappa shape index (κ2) is 8.57. The summed E-state index contributed by atoms with van der Waals surface area (Å²) in [5.74, 6) is 0.257. The SMILES string of the molecule is CCCOc1ccc(N2CC(C(=O)Nc3ccc(Br)cc3C)CC2=O)cc1. The first-order valence-electron chi connectivity index (χ1n) is 9.08. The van der Waals surface area contributed by atoms with Crippen molar-refractivity contribution in [3.63, 3.8) is 0 Å². The van der Waals surface area contributed by atoms with Crippen molar-refractivity contribution in [2.75, 3.05) is 23.4 Å². The zero-order valence-electron chi connectivity index (χ0n) is 15.5. The predicted octanol–water partition coefficient (Wildman–Crippen LogP) is 4.54. The van der Waals surface area contributed by atoms with E-state index in [1.165, 1.54) is 0 Å². The molecular weight excluding hydrogens is 408 g/mol. The average Bonchev–Trinajstić information content (AvgIpc) is 3.04. The van der Waals surface area contributed by atoms with Crippen LogP contribution in [0.25, 0.3) is 0 Å². The highest BCUT2D eigenvalue weighted by Crippen LogP contribution is 2.28. The third-order valence-electron chi connectivity index (χ3n) is 4.56. The van der Waals surface area contributed by atoms with Crippen LogP contribution in [-0.2, 0) is 9.59 Å². The van der Waals surface area contributed by atoms with E-state index in [-0.39, 0.29) is 24.2 Å². The largest absolute Gasteiger partial charge is 0.494 e. The number of hydrogen-bond acceptors (Lipinski definition) is 3. The third-order valence-corrected chi connectivity index (χ3v) is 5.06. The van der Waals surface area contributed by atoms with Crippen LogP contribution in [0, 0.1) is 12.8 Å². The van der Waals surface area contributed by atoms with E-state index in [4.69, 9.17) is 4.74 Å². The van der Waals surface area contributed by atoms with Crippen LogP contribution in [0.1, 0.15) is 25.3 Å². The molecule has 0 bridgehead atoms. The van der Waals surface area contributed by atoms with Gasteiger partial charge in [0.25, 0.3) is 0 Å². The number of halogens is 1. The van der Waals surface area contributed by atoms with Crippen LogP contribution in [0.5, 0.6) is 5.75 Å². The van der Waals surface area contributed by atoms with Crippen molar-refractivity contribution in [2.45, 2.75) is 26.7 Å². The van der Waals surface area contributed by atoms with Gasteiger partial charge in [0.2, 0.25) is 11.8 Å². The summed E-state index contributed by atoms with van der Waals surface area (Å²) in [5.41, 5.74) is 2.53. The molecule has 5 nitrogen and oxygen atoms in total. The maximum Gasteiger partial charge on any atom is 0.229 e. The minimum absolute atomic E-state index is 0.0371. The van der Waals surface area contributed by atoms with Crippen molar-refractivity contribution in [1.82, 2.24) is 0 Å². The van der Waals surface area contributed by atoms with Gasteiger partial charge in [-0.1, -0.05) is 22.9 Å². The normalized spacial score (nSPS) is 16.5. The molecule has 1 heterocycles. The summed E-state index contributed by atoms with van der Waals surface area (Å²) in [6.45, 7) is 5.04. The lowest BCUT2D eigenvalue weighted by molar-refractivity contribution is -0.122. The summed E-state index contributed by atoms with van der Waals surface area (Å²) in [5, 5.41) is 2.95. The van der Waals surface area contributed by atoms with Crippen LogP contribution in [0.2, 0.25) is 0 Å². The molecular formula is C21H23BrN2O3. The monoisotopic (exact) mass is 430 g/mol. The summed E-state index contributed by atoms with van der Waals surface area (Å²) in [6, 6.07) is 13.1. The van der Waals surface area contributed by atoms with E-state index in [9.17, 15) is 9.59 Å². The van der Waals surface area contributed by atoms with Gasteiger partial charge in [-0.05, 0) is 61.4 Å². The minimum Gasteiger partial charge on any atom is -0.494 e. The molecule has 1 aliphatic heterocycles. The smallest absolute Gasteiger partial charge is 0.229 e. The number of anilines is 2. The topological polar surface area (TPSA) is 58.6 Å². The van der Waals surface area contributed by atoms with E-state index in [0.29, 0.717) is 13.2 Å². The Morgan fingerprint density at radius 3 is 2.67 bits per heavy atom. The summed E-state index contributed by atoms with van der Waals surface area (Å²) >= 11 is 3.42. The number of hydrogen-bond donors (Lipinski definition) is 1. The zero-order valence-corrected chi connectivity index (χ0v) is 17.1. The number of amides is 2. The molecule has 1 fully saturated rings. The van der Waals surface area contributed by atoms with Crippen LogP contribution in [0.4, 0.5) is 11.4 Å². The van der Waals surface area contributed by atoms with Crippen LogP contribution in [0.3, 0.4) is 0 Å². The first-order chi connectivity index (χ1) is 13.0. The standard InChI is InChI=1S/C21H23BrN2O3/c1-3-10-27-18-7-5-17(6-8-18)24-13-15(12-20(24)25)21(26)23-19-9-4-16(22)11-14(19)2/h4-9,11,15H,3,10,12-13H2,1-2H3,(H,23,26). The first kappa shape index (κ1) is 19.4. The van der Waals surface area contributed by atoms with Gasteiger partial charge in [0, 0.05) is 28.8 Å². The molecule has 1 unspecified atom stereocenters. The van der Waals surface area contributed by atoms with Crippen LogP contribution < -0.4 is 15.0 Å². The molecule has 0 spiro atoms. The lowest BCUT2D eigenvalue weighted by atomic mass is 10.1. The van der Waals surface area contributed by atoms with Gasteiger partial charge in [-0.3, -0.25) is 9.59 Å². The highest BCUT2D eigenvalue weighted by atomic mass is 79.9. The summed E-state index contributed by atoms with van der Waals surface area (Å²) in [7, 11) is 0. The van der Waals surface area contributed by atoms with Crippen molar-refractivity contribution in [2.24, 2.45) is 5.92 Å². The molecule has 1 aliphatic rings. The maximum atomic E-state index is 12.6. The van der Waals surface area contributed by atoms with Crippen LogP contribution >= 0.6 is 15.9 Å². The van der Waals surface area contributed by atoms with Gasteiger partial charge in [-0.15, -0.1) is 0 Å². The van der Waals surface area contributed by atoms with Crippen LogP contribution in [0.15, 0.2) is 46.9 Å². The van der Waals surface area contributed by atoms with Crippen LogP contribution in [-0.4, -0.2) is 25.0 Å². The van der Waals surface area contributed by atoms with Gasteiger partial charge in [-0.2, -0.15) is 0 Å². The fourth-order valence-corrected chi connectivity index (χ4v) is 3.55. The van der Waals surface area contributed by atoms with E-state index in [2.05, 4.69) is 28.2 Å². The molecule has 0 saturated carbocycles. The molecule has 27 heavy (non-hydrogen) atoms. The minimum atomic E-state index is -0.364. The Hall–Kier alpha value is -2.34. The highest BCUT2D eigenvalue weighted by molar-refractivity contribution is 9.10. The Balaban J connectivity index is 1.65. The molecule has 2 aromatic carbocycles. The van der Waals surface area contributed by atoms with Gasteiger partial charge in [0.05, 0.1) is 12.5 Å². The zero-order chi connectivity index (χ0) is 19.4. The van der Waals surface area contributed by atoms with Gasteiger partial charge < -0.3 is 15.0 Å². The van der Waals surface area contributed by atoms with Gasteiger partial charge in [0.1, 0.15) is 5.75 Å². The van der Waals surface area contributed by atoms with E-state index >= 15 is 0 Å². The Morgan fingerprint density at radius 1 is 1.26 bits per heavy atom. The molecule has 1 saturated heterocycles. The van der Waals surface area contributed by atoms with E-state index < -0.39 is 0 Å². The summed E-state index contributed by atoms with van der Waals surface area (Å²) in [6.07, 6.45) is 1.16. The lowest BCUT2D eigenvalue weighted by Crippen LogP contribution is -2.28. The van der Waals surface area contributed by atoms with E-state index in [1.807, 2.05) is 49.4 Å². The van der Waals surface area contributed by atoms with Crippen molar-refractivity contribution < 1.29 is 14.3 Å². The Bertz CT molecular complexity index is 836. The number of benzene rings is 2. The second-order valence-corrected chi connectivity index (χ2v) is 7.61. The lowest BCUT2D eigenvalue weighted by Gasteiger charge is -2.17. The van der Waals surface area contributed by atoms with Crippen molar-refractivity contribution in [3.8, 4) is 5.75 Å². The number of nitrogens with one attached hydrogen (secondary N) is 1.